The minimum absolute atomic E-state index is 0.382. The Morgan fingerprint density at radius 2 is 2.20 bits per heavy atom. The van der Waals surface area contributed by atoms with Gasteiger partial charge in [-0.05, 0) is 31.2 Å². The molecule has 84 valence electrons. The molecule has 0 aromatic heterocycles. The van der Waals surface area contributed by atoms with Crippen molar-refractivity contribution in [3.8, 4) is 5.75 Å². The molecule has 0 amide bonds. The molecule has 0 aliphatic carbocycles. The van der Waals surface area contributed by atoms with Gasteiger partial charge in [0.05, 0.1) is 13.2 Å². The molecule has 0 saturated heterocycles. The fourth-order valence-electron chi connectivity index (χ4n) is 1.54. The number of ether oxygens (including phenoxy) is 1. The van der Waals surface area contributed by atoms with Crippen LogP contribution >= 0.6 is 0 Å². The van der Waals surface area contributed by atoms with Crippen LogP contribution in [0.4, 0.5) is 4.39 Å². The van der Waals surface area contributed by atoms with Crippen molar-refractivity contribution in [3.63, 3.8) is 0 Å². The van der Waals surface area contributed by atoms with Crippen molar-refractivity contribution >= 4 is 0 Å². The number of hydrogen-bond donors (Lipinski definition) is 2. The molecule has 0 bridgehead atoms. The Balaban J connectivity index is 3.11. The number of benzene rings is 1. The molecule has 0 aliphatic heterocycles. The molecule has 0 fully saturated rings. The summed E-state index contributed by atoms with van der Waals surface area (Å²) < 4.78 is 18.2. The lowest BCUT2D eigenvalue weighted by molar-refractivity contribution is 0.176. The van der Waals surface area contributed by atoms with Gasteiger partial charge in [0, 0.05) is 12.6 Å². The van der Waals surface area contributed by atoms with Crippen LogP contribution in [0.5, 0.6) is 5.75 Å². The zero-order valence-electron chi connectivity index (χ0n) is 9.17. The van der Waals surface area contributed by atoms with Crippen molar-refractivity contribution in [2.75, 3.05) is 20.7 Å². The van der Waals surface area contributed by atoms with Gasteiger partial charge in [-0.1, -0.05) is 0 Å². The fraction of sp³-hybridized carbons (Fsp3) is 0.455. The predicted octanol–water partition coefficient (Wildman–Crippen LogP) is 1.40. The molecule has 0 radical (unpaired) electrons. The van der Waals surface area contributed by atoms with Gasteiger partial charge >= 0.3 is 0 Å². The van der Waals surface area contributed by atoms with E-state index >= 15 is 0 Å². The SMILES string of the molecule is CNCC(O)c1cc(F)cc(OC)c1C. The summed E-state index contributed by atoms with van der Waals surface area (Å²) in [4.78, 5) is 0. The highest BCUT2D eigenvalue weighted by molar-refractivity contribution is 5.41. The average molecular weight is 213 g/mol. The van der Waals surface area contributed by atoms with E-state index in [-0.39, 0.29) is 0 Å². The first kappa shape index (κ1) is 11.9. The third-order valence-corrected chi connectivity index (χ3v) is 2.34. The first-order valence-electron chi connectivity index (χ1n) is 4.76. The summed E-state index contributed by atoms with van der Waals surface area (Å²) in [5.74, 6) is 0.0581. The number of rotatable bonds is 4. The second-order valence-corrected chi connectivity index (χ2v) is 3.40. The second-order valence-electron chi connectivity index (χ2n) is 3.40. The van der Waals surface area contributed by atoms with E-state index in [1.54, 1.807) is 14.0 Å². The lowest BCUT2D eigenvalue weighted by Crippen LogP contribution is -2.17. The summed E-state index contributed by atoms with van der Waals surface area (Å²) >= 11 is 0. The van der Waals surface area contributed by atoms with Crippen molar-refractivity contribution in [3.05, 3.63) is 29.1 Å². The van der Waals surface area contributed by atoms with Crippen LogP contribution in [-0.4, -0.2) is 25.8 Å². The van der Waals surface area contributed by atoms with Crippen molar-refractivity contribution in [1.82, 2.24) is 5.32 Å². The number of hydrogen-bond acceptors (Lipinski definition) is 3. The summed E-state index contributed by atoms with van der Waals surface area (Å²) in [7, 11) is 3.21. The highest BCUT2D eigenvalue weighted by atomic mass is 19.1. The molecule has 0 heterocycles. The number of likely N-dealkylation sites (N-methyl/N-ethyl adjacent to an activating group) is 1. The zero-order chi connectivity index (χ0) is 11.4. The Labute approximate surface area is 88.9 Å². The van der Waals surface area contributed by atoms with Crippen LogP contribution in [0.15, 0.2) is 12.1 Å². The van der Waals surface area contributed by atoms with Gasteiger partial charge in [-0.25, -0.2) is 4.39 Å². The van der Waals surface area contributed by atoms with Gasteiger partial charge in [-0.15, -0.1) is 0 Å². The monoisotopic (exact) mass is 213 g/mol. The summed E-state index contributed by atoms with van der Waals surface area (Å²) in [6.45, 7) is 2.18. The normalized spacial score (nSPS) is 12.6. The van der Waals surface area contributed by atoms with Crippen LogP contribution < -0.4 is 10.1 Å². The molecule has 4 heteroatoms. The van der Waals surface area contributed by atoms with Crippen molar-refractivity contribution in [2.24, 2.45) is 0 Å². The molecule has 15 heavy (non-hydrogen) atoms. The van der Waals surface area contributed by atoms with E-state index in [2.05, 4.69) is 5.32 Å². The van der Waals surface area contributed by atoms with E-state index in [9.17, 15) is 9.50 Å². The number of methoxy groups -OCH3 is 1. The van der Waals surface area contributed by atoms with E-state index < -0.39 is 11.9 Å². The van der Waals surface area contributed by atoms with Crippen molar-refractivity contribution < 1.29 is 14.2 Å². The Hall–Kier alpha value is -1.13. The van der Waals surface area contributed by atoms with Gasteiger partial charge in [0.15, 0.2) is 0 Å². The van der Waals surface area contributed by atoms with E-state index in [1.807, 2.05) is 0 Å². The third kappa shape index (κ3) is 2.67. The molecule has 0 saturated carbocycles. The molecule has 3 nitrogen and oxygen atoms in total. The predicted molar refractivity (Wildman–Crippen MR) is 56.6 cm³/mol. The standard InChI is InChI=1S/C11H16FNO2/c1-7-9(10(14)6-13-2)4-8(12)5-11(7)15-3/h4-5,10,13-14H,6H2,1-3H3. The number of halogens is 1. The first-order valence-corrected chi connectivity index (χ1v) is 4.76. The Morgan fingerprint density at radius 1 is 1.53 bits per heavy atom. The summed E-state index contributed by atoms with van der Waals surface area (Å²) in [5.41, 5.74) is 1.32. The van der Waals surface area contributed by atoms with Gasteiger partial charge in [0.1, 0.15) is 11.6 Å². The molecular formula is C11H16FNO2. The quantitative estimate of drug-likeness (QED) is 0.794. The molecule has 0 aliphatic rings. The van der Waals surface area contributed by atoms with Crippen LogP contribution in [0.25, 0.3) is 0 Å². The lowest BCUT2D eigenvalue weighted by Gasteiger charge is -2.15. The molecule has 2 N–H and O–H groups in total. The van der Waals surface area contributed by atoms with Gasteiger partial charge in [0.2, 0.25) is 0 Å². The molecule has 1 aromatic rings. The van der Waals surface area contributed by atoms with Crippen LogP contribution in [-0.2, 0) is 0 Å². The zero-order valence-corrected chi connectivity index (χ0v) is 9.17. The largest absolute Gasteiger partial charge is 0.496 e. The van der Waals surface area contributed by atoms with E-state index in [1.165, 1.54) is 19.2 Å². The third-order valence-electron chi connectivity index (χ3n) is 2.34. The van der Waals surface area contributed by atoms with Gasteiger partial charge < -0.3 is 15.2 Å². The second kappa shape index (κ2) is 5.09. The minimum atomic E-state index is -0.723. The van der Waals surface area contributed by atoms with Gasteiger partial charge in [-0.2, -0.15) is 0 Å². The maximum atomic E-state index is 13.2. The van der Waals surface area contributed by atoms with Crippen LogP contribution in [0, 0.1) is 12.7 Å². The van der Waals surface area contributed by atoms with Crippen molar-refractivity contribution in [1.29, 1.82) is 0 Å². The minimum Gasteiger partial charge on any atom is -0.496 e. The summed E-state index contributed by atoms with van der Waals surface area (Å²) in [5, 5.41) is 12.6. The number of nitrogens with one attached hydrogen (secondary N) is 1. The van der Waals surface area contributed by atoms with E-state index in [0.29, 0.717) is 17.9 Å². The fourth-order valence-corrected chi connectivity index (χ4v) is 1.54. The highest BCUT2D eigenvalue weighted by Gasteiger charge is 2.14. The lowest BCUT2D eigenvalue weighted by atomic mass is 10.0. The molecular weight excluding hydrogens is 197 g/mol. The Kier molecular flexibility index (Phi) is 4.05. The molecule has 1 atom stereocenters. The van der Waals surface area contributed by atoms with Crippen LogP contribution in [0.3, 0.4) is 0 Å². The summed E-state index contributed by atoms with van der Waals surface area (Å²) in [6, 6.07) is 2.64. The van der Waals surface area contributed by atoms with Crippen molar-refractivity contribution in [2.45, 2.75) is 13.0 Å². The first-order chi connectivity index (χ1) is 7.10. The Morgan fingerprint density at radius 3 is 2.73 bits per heavy atom. The summed E-state index contributed by atoms with van der Waals surface area (Å²) in [6.07, 6.45) is -0.723. The van der Waals surface area contributed by atoms with Gasteiger partial charge in [0.25, 0.3) is 0 Å². The highest BCUT2D eigenvalue weighted by Crippen LogP contribution is 2.27. The maximum Gasteiger partial charge on any atom is 0.127 e. The van der Waals surface area contributed by atoms with Crippen LogP contribution in [0.1, 0.15) is 17.2 Å². The molecule has 1 aromatic carbocycles. The average Bonchev–Trinajstić information content (AvgIpc) is 2.21. The van der Waals surface area contributed by atoms with Gasteiger partial charge in [-0.3, -0.25) is 0 Å². The van der Waals surface area contributed by atoms with Crippen LogP contribution in [0.2, 0.25) is 0 Å². The number of aliphatic hydroxyl groups is 1. The number of aliphatic hydroxyl groups excluding tert-OH is 1. The topological polar surface area (TPSA) is 41.5 Å². The Bertz CT molecular complexity index is 342. The van der Waals surface area contributed by atoms with E-state index in [4.69, 9.17) is 4.74 Å². The molecule has 1 rings (SSSR count). The smallest absolute Gasteiger partial charge is 0.127 e. The van der Waals surface area contributed by atoms with E-state index in [0.717, 1.165) is 5.56 Å². The molecule has 1 unspecified atom stereocenters. The molecule has 0 spiro atoms. The maximum absolute atomic E-state index is 13.2.